The number of carbonyl (C=O) groups is 1. The molecule has 4 heteroatoms. The molecular weight excluding hydrogens is 205 g/mol. The molecule has 0 spiro atoms. The van der Waals surface area contributed by atoms with Crippen LogP contribution in [0.2, 0.25) is 0 Å². The molecule has 14 heavy (non-hydrogen) atoms. The van der Waals surface area contributed by atoms with E-state index in [1.165, 1.54) is 12.1 Å². The number of hydrogen-bond donors (Lipinski definition) is 0. The van der Waals surface area contributed by atoms with E-state index < -0.39 is 0 Å². The third-order valence-electron chi connectivity index (χ3n) is 2.29. The maximum atomic E-state index is 12.8. The molecule has 1 aromatic carbocycles. The second-order valence-corrected chi connectivity index (χ2v) is 3.09. The van der Waals surface area contributed by atoms with Crippen LogP contribution < -0.4 is 4.90 Å². The average Bonchev–Trinajstić information content (AvgIpc) is 2.39. The smallest absolute Gasteiger partial charge is 0.231 e. The predicted octanol–water partition coefficient (Wildman–Crippen LogP) is 2.16. The Balaban J connectivity index is 0.000000980. The molecule has 1 aromatic rings. The third kappa shape index (κ3) is 1.60. The minimum Gasteiger partial charge on any atom is -0.312 e. The van der Waals surface area contributed by atoms with Crippen molar-refractivity contribution in [1.29, 1.82) is 0 Å². The number of hydrogen-bond acceptors (Lipinski definition) is 1. The second-order valence-electron chi connectivity index (χ2n) is 3.09. The van der Waals surface area contributed by atoms with Crippen LogP contribution in [0.15, 0.2) is 18.2 Å². The molecular formula is C10H11ClFNO. The van der Waals surface area contributed by atoms with Gasteiger partial charge in [0.1, 0.15) is 5.82 Å². The Labute approximate surface area is 88.1 Å². The van der Waals surface area contributed by atoms with Gasteiger partial charge in [-0.3, -0.25) is 4.79 Å². The van der Waals surface area contributed by atoms with E-state index in [-0.39, 0.29) is 24.1 Å². The van der Waals surface area contributed by atoms with Crippen LogP contribution in [0.3, 0.4) is 0 Å². The number of halogens is 2. The standard InChI is InChI=1S/C10H10FNO.ClH/c1-2-12-9-4-3-8(11)5-7(9)6-10(12)13;/h3-5H,2,6H2,1H3;1H. The summed E-state index contributed by atoms with van der Waals surface area (Å²) in [6, 6.07) is 4.49. The van der Waals surface area contributed by atoms with E-state index in [0.717, 1.165) is 11.3 Å². The second kappa shape index (κ2) is 3.96. The molecule has 0 aromatic heterocycles. The van der Waals surface area contributed by atoms with Gasteiger partial charge in [0, 0.05) is 12.2 Å². The maximum absolute atomic E-state index is 12.8. The summed E-state index contributed by atoms with van der Waals surface area (Å²) in [5.41, 5.74) is 1.65. The van der Waals surface area contributed by atoms with Crippen LogP contribution in [0.4, 0.5) is 10.1 Å². The summed E-state index contributed by atoms with van der Waals surface area (Å²) in [5, 5.41) is 0. The summed E-state index contributed by atoms with van der Waals surface area (Å²) >= 11 is 0. The summed E-state index contributed by atoms with van der Waals surface area (Å²) in [6.07, 6.45) is 0.334. The lowest BCUT2D eigenvalue weighted by Gasteiger charge is -2.13. The van der Waals surface area contributed by atoms with Crippen molar-refractivity contribution in [1.82, 2.24) is 0 Å². The van der Waals surface area contributed by atoms with E-state index in [1.807, 2.05) is 6.92 Å². The first-order valence-electron chi connectivity index (χ1n) is 4.31. The van der Waals surface area contributed by atoms with Gasteiger partial charge in [0.25, 0.3) is 0 Å². The summed E-state index contributed by atoms with van der Waals surface area (Å²) in [7, 11) is 0. The topological polar surface area (TPSA) is 20.3 Å². The van der Waals surface area contributed by atoms with Gasteiger partial charge in [-0.1, -0.05) is 0 Å². The fourth-order valence-electron chi connectivity index (χ4n) is 1.70. The number of fused-ring (bicyclic) bond motifs is 1. The molecule has 0 N–H and O–H groups in total. The van der Waals surface area contributed by atoms with Gasteiger partial charge in [0.15, 0.2) is 0 Å². The van der Waals surface area contributed by atoms with E-state index >= 15 is 0 Å². The number of anilines is 1. The fraction of sp³-hybridized carbons (Fsp3) is 0.300. The van der Waals surface area contributed by atoms with Crippen LogP contribution >= 0.6 is 12.4 Å². The van der Waals surface area contributed by atoms with E-state index in [0.29, 0.717) is 13.0 Å². The number of rotatable bonds is 1. The zero-order chi connectivity index (χ0) is 9.42. The minimum absolute atomic E-state index is 0. The van der Waals surface area contributed by atoms with Gasteiger partial charge in [-0.15, -0.1) is 12.4 Å². The molecule has 1 amide bonds. The molecule has 0 aliphatic carbocycles. The van der Waals surface area contributed by atoms with Crippen molar-refractivity contribution in [3.8, 4) is 0 Å². The lowest BCUT2D eigenvalue weighted by molar-refractivity contribution is -0.117. The molecule has 0 saturated heterocycles. The van der Waals surface area contributed by atoms with Crippen molar-refractivity contribution in [2.75, 3.05) is 11.4 Å². The van der Waals surface area contributed by atoms with Crippen LogP contribution in [-0.2, 0) is 11.2 Å². The molecule has 0 fully saturated rings. The Bertz CT molecular complexity index is 367. The molecule has 1 aliphatic rings. The summed E-state index contributed by atoms with van der Waals surface area (Å²) < 4.78 is 12.8. The molecule has 0 saturated carbocycles. The maximum Gasteiger partial charge on any atom is 0.231 e. The zero-order valence-electron chi connectivity index (χ0n) is 7.79. The molecule has 76 valence electrons. The molecule has 1 heterocycles. The summed E-state index contributed by atoms with van der Waals surface area (Å²) in [5.74, 6) is -0.215. The van der Waals surface area contributed by atoms with Crippen LogP contribution in [-0.4, -0.2) is 12.5 Å². The Morgan fingerprint density at radius 2 is 2.21 bits per heavy atom. The normalized spacial score (nSPS) is 13.9. The van der Waals surface area contributed by atoms with Gasteiger partial charge in [0.2, 0.25) is 5.91 Å². The van der Waals surface area contributed by atoms with Crippen molar-refractivity contribution < 1.29 is 9.18 Å². The van der Waals surface area contributed by atoms with Crippen molar-refractivity contribution in [2.45, 2.75) is 13.3 Å². The number of nitrogens with zero attached hydrogens (tertiary/aromatic N) is 1. The largest absolute Gasteiger partial charge is 0.312 e. The van der Waals surface area contributed by atoms with Gasteiger partial charge in [0.05, 0.1) is 6.42 Å². The van der Waals surface area contributed by atoms with Gasteiger partial charge in [-0.2, -0.15) is 0 Å². The first-order valence-corrected chi connectivity index (χ1v) is 4.31. The summed E-state index contributed by atoms with van der Waals surface area (Å²) in [6.45, 7) is 2.56. The van der Waals surface area contributed by atoms with Crippen LogP contribution in [0.1, 0.15) is 12.5 Å². The molecule has 0 radical (unpaired) electrons. The lowest BCUT2D eigenvalue weighted by atomic mass is 10.1. The monoisotopic (exact) mass is 215 g/mol. The lowest BCUT2D eigenvalue weighted by Crippen LogP contribution is -2.25. The van der Waals surface area contributed by atoms with E-state index in [9.17, 15) is 9.18 Å². The van der Waals surface area contributed by atoms with Gasteiger partial charge in [-0.05, 0) is 30.7 Å². The number of carbonyl (C=O) groups excluding carboxylic acids is 1. The quantitative estimate of drug-likeness (QED) is 0.703. The third-order valence-corrected chi connectivity index (χ3v) is 2.29. The zero-order valence-corrected chi connectivity index (χ0v) is 8.60. The number of amides is 1. The van der Waals surface area contributed by atoms with Crippen molar-refractivity contribution in [3.05, 3.63) is 29.6 Å². The molecule has 2 nitrogen and oxygen atoms in total. The van der Waals surface area contributed by atoms with E-state index in [1.54, 1.807) is 11.0 Å². The fourth-order valence-corrected chi connectivity index (χ4v) is 1.70. The number of likely N-dealkylation sites (N-methyl/N-ethyl adjacent to an activating group) is 1. The molecule has 0 atom stereocenters. The van der Waals surface area contributed by atoms with Crippen LogP contribution in [0.25, 0.3) is 0 Å². The Hall–Kier alpha value is -1.09. The Morgan fingerprint density at radius 1 is 1.50 bits per heavy atom. The predicted molar refractivity (Wildman–Crippen MR) is 55.4 cm³/mol. The Morgan fingerprint density at radius 3 is 2.86 bits per heavy atom. The highest BCUT2D eigenvalue weighted by Gasteiger charge is 2.25. The average molecular weight is 216 g/mol. The van der Waals surface area contributed by atoms with Gasteiger partial charge >= 0.3 is 0 Å². The minimum atomic E-state index is -0.274. The highest BCUT2D eigenvalue weighted by Crippen LogP contribution is 2.28. The Kier molecular flexibility index (Phi) is 3.11. The highest BCUT2D eigenvalue weighted by atomic mass is 35.5. The van der Waals surface area contributed by atoms with Gasteiger partial charge in [-0.25, -0.2) is 4.39 Å². The molecule has 2 rings (SSSR count). The molecule has 0 unspecified atom stereocenters. The van der Waals surface area contributed by atoms with Gasteiger partial charge < -0.3 is 4.90 Å². The first-order chi connectivity index (χ1) is 6.22. The summed E-state index contributed by atoms with van der Waals surface area (Å²) in [4.78, 5) is 13.1. The first kappa shape index (κ1) is 11.0. The van der Waals surface area contributed by atoms with Crippen molar-refractivity contribution >= 4 is 24.0 Å². The van der Waals surface area contributed by atoms with E-state index in [4.69, 9.17) is 0 Å². The SMILES string of the molecule is CCN1C(=O)Cc2cc(F)ccc21.Cl. The highest BCUT2D eigenvalue weighted by molar-refractivity contribution is 6.01. The van der Waals surface area contributed by atoms with Crippen molar-refractivity contribution in [2.24, 2.45) is 0 Å². The van der Waals surface area contributed by atoms with E-state index in [2.05, 4.69) is 0 Å². The number of benzene rings is 1. The molecule has 1 aliphatic heterocycles. The van der Waals surface area contributed by atoms with Crippen molar-refractivity contribution in [3.63, 3.8) is 0 Å². The van der Waals surface area contributed by atoms with Crippen LogP contribution in [0.5, 0.6) is 0 Å². The van der Waals surface area contributed by atoms with Crippen LogP contribution in [0, 0.1) is 5.82 Å². The molecule has 0 bridgehead atoms.